The highest BCUT2D eigenvalue weighted by molar-refractivity contribution is 7.92. The number of sulfonamides is 1. The molecule has 1 aromatic heterocycles. The van der Waals surface area contributed by atoms with Gasteiger partial charge in [0.2, 0.25) is 0 Å². The summed E-state index contributed by atoms with van der Waals surface area (Å²) in [6.45, 7) is 3.35. The van der Waals surface area contributed by atoms with Gasteiger partial charge in [0.15, 0.2) is 0 Å². The zero-order valence-electron chi connectivity index (χ0n) is 13.9. The van der Waals surface area contributed by atoms with Gasteiger partial charge in [-0.1, -0.05) is 35.9 Å². The molecular weight excluding hydrogens is 358 g/mol. The van der Waals surface area contributed by atoms with Gasteiger partial charge in [0.05, 0.1) is 11.4 Å². The summed E-state index contributed by atoms with van der Waals surface area (Å²) in [5.41, 5.74) is 3.59. The van der Waals surface area contributed by atoms with Crippen LogP contribution in [0, 0.1) is 13.8 Å². The summed E-state index contributed by atoms with van der Waals surface area (Å²) in [6.07, 6.45) is 0.691. The first-order chi connectivity index (χ1) is 11.8. The third-order valence-electron chi connectivity index (χ3n) is 3.83. The second-order valence-electron chi connectivity index (χ2n) is 5.87. The Hall–Kier alpha value is -2.31. The minimum Gasteiger partial charge on any atom is -0.281 e. The lowest BCUT2D eigenvalue weighted by Gasteiger charge is -2.10. The Morgan fingerprint density at radius 1 is 1.08 bits per heavy atom. The lowest BCUT2D eigenvalue weighted by Crippen LogP contribution is -2.14. The zero-order chi connectivity index (χ0) is 18.0. The Kier molecular flexibility index (Phi) is 4.83. The molecule has 0 saturated carbocycles. The number of aromatic amines is 1. The van der Waals surface area contributed by atoms with Crippen molar-refractivity contribution in [3.05, 3.63) is 76.1 Å². The number of aryl methyl sites for hydroxylation is 2. The van der Waals surface area contributed by atoms with Gasteiger partial charge in [0, 0.05) is 10.7 Å². The fourth-order valence-electron chi connectivity index (χ4n) is 2.73. The molecule has 130 valence electrons. The van der Waals surface area contributed by atoms with Gasteiger partial charge < -0.3 is 0 Å². The fourth-order valence-corrected chi connectivity index (χ4v) is 4.27. The monoisotopic (exact) mass is 375 g/mol. The van der Waals surface area contributed by atoms with Crippen LogP contribution in [0.4, 0.5) is 5.69 Å². The number of rotatable bonds is 5. The van der Waals surface area contributed by atoms with Crippen molar-refractivity contribution < 1.29 is 8.42 Å². The van der Waals surface area contributed by atoms with E-state index in [0.717, 1.165) is 11.1 Å². The number of H-pyrrole nitrogens is 1. The average molecular weight is 376 g/mol. The molecule has 0 unspecified atom stereocenters. The van der Waals surface area contributed by atoms with Crippen LogP contribution in [0.1, 0.15) is 22.5 Å². The van der Waals surface area contributed by atoms with E-state index in [1.807, 2.05) is 42.5 Å². The highest BCUT2D eigenvalue weighted by atomic mass is 35.5. The van der Waals surface area contributed by atoms with Gasteiger partial charge in [-0.05, 0) is 55.7 Å². The maximum Gasteiger partial charge on any atom is 0.265 e. The van der Waals surface area contributed by atoms with E-state index in [0.29, 0.717) is 28.5 Å². The minimum atomic E-state index is -3.69. The van der Waals surface area contributed by atoms with Gasteiger partial charge in [0.25, 0.3) is 10.0 Å². The van der Waals surface area contributed by atoms with Crippen LogP contribution in [0.15, 0.2) is 53.4 Å². The first-order valence-electron chi connectivity index (χ1n) is 7.73. The van der Waals surface area contributed by atoms with Crippen molar-refractivity contribution in [1.29, 1.82) is 0 Å². The first-order valence-corrected chi connectivity index (χ1v) is 9.59. The van der Waals surface area contributed by atoms with E-state index in [9.17, 15) is 8.42 Å². The summed E-state index contributed by atoms with van der Waals surface area (Å²) in [5, 5.41) is 7.34. The third kappa shape index (κ3) is 4.03. The first kappa shape index (κ1) is 17.5. The molecule has 0 radical (unpaired) electrons. The van der Waals surface area contributed by atoms with Gasteiger partial charge in [-0.15, -0.1) is 0 Å². The van der Waals surface area contributed by atoms with Crippen LogP contribution in [0.25, 0.3) is 0 Å². The average Bonchev–Trinajstić information content (AvgIpc) is 2.89. The van der Waals surface area contributed by atoms with Crippen molar-refractivity contribution in [2.24, 2.45) is 0 Å². The number of nitrogens with one attached hydrogen (secondary N) is 2. The van der Waals surface area contributed by atoms with Crippen LogP contribution in [0.2, 0.25) is 5.02 Å². The van der Waals surface area contributed by atoms with Gasteiger partial charge >= 0.3 is 0 Å². The molecule has 0 aliphatic heterocycles. The van der Waals surface area contributed by atoms with Gasteiger partial charge in [-0.2, -0.15) is 5.10 Å². The van der Waals surface area contributed by atoms with E-state index in [4.69, 9.17) is 11.6 Å². The van der Waals surface area contributed by atoms with Crippen LogP contribution in [0.5, 0.6) is 0 Å². The van der Waals surface area contributed by atoms with E-state index in [-0.39, 0.29) is 4.90 Å². The molecule has 2 N–H and O–H groups in total. The minimum absolute atomic E-state index is 0.190. The number of anilines is 1. The number of hydrogen-bond donors (Lipinski definition) is 2. The molecule has 0 atom stereocenters. The Morgan fingerprint density at radius 3 is 2.44 bits per heavy atom. The van der Waals surface area contributed by atoms with Crippen LogP contribution in [-0.4, -0.2) is 18.6 Å². The Labute approximate surface area is 152 Å². The van der Waals surface area contributed by atoms with E-state index < -0.39 is 10.0 Å². The predicted octanol–water partition coefficient (Wildman–Crippen LogP) is 4.07. The summed E-state index contributed by atoms with van der Waals surface area (Å²) in [7, 11) is -3.69. The standard InChI is InChI=1S/C18H18ClN3O2S/c1-12-18(13(2)21-20-12)25(23,24)22-17-5-3-4-15(11-17)10-14-6-8-16(19)9-7-14/h3-9,11,22H,10H2,1-2H3,(H,20,21). The van der Waals surface area contributed by atoms with Crippen molar-refractivity contribution >= 4 is 27.3 Å². The van der Waals surface area contributed by atoms with Crippen molar-refractivity contribution in [2.75, 3.05) is 4.72 Å². The fraction of sp³-hybridized carbons (Fsp3) is 0.167. The van der Waals surface area contributed by atoms with Gasteiger partial charge in [0.1, 0.15) is 4.90 Å². The Balaban J connectivity index is 1.83. The zero-order valence-corrected chi connectivity index (χ0v) is 15.4. The molecule has 3 aromatic rings. The Morgan fingerprint density at radius 2 is 1.80 bits per heavy atom. The quantitative estimate of drug-likeness (QED) is 0.705. The molecule has 7 heteroatoms. The van der Waals surface area contributed by atoms with Crippen LogP contribution < -0.4 is 4.72 Å². The molecule has 3 rings (SSSR count). The van der Waals surface area contributed by atoms with Crippen molar-refractivity contribution in [3.63, 3.8) is 0 Å². The molecule has 0 bridgehead atoms. The summed E-state index contributed by atoms with van der Waals surface area (Å²) < 4.78 is 27.9. The highest BCUT2D eigenvalue weighted by Crippen LogP contribution is 2.22. The third-order valence-corrected chi connectivity index (χ3v) is 5.73. The lowest BCUT2D eigenvalue weighted by molar-refractivity contribution is 0.600. The van der Waals surface area contributed by atoms with Crippen LogP contribution in [-0.2, 0) is 16.4 Å². The SMILES string of the molecule is Cc1n[nH]c(C)c1S(=O)(=O)Nc1cccc(Cc2ccc(Cl)cc2)c1. The number of aromatic nitrogens is 2. The van der Waals surface area contributed by atoms with Crippen LogP contribution >= 0.6 is 11.6 Å². The second kappa shape index (κ2) is 6.90. The summed E-state index contributed by atoms with van der Waals surface area (Å²) in [4.78, 5) is 0.190. The largest absolute Gasteiger partial charge is 0.281 e. The smallest absolute Gasteiger partial charge is 0.265 e. The van der Waals surface area contributed by atoms with Gasteiger partial charge in [-0.25, -0.2) is 8.42 Å². The van der Waals surface area contributed by atoms with Gasteiger partial charge in [-0.3, -0.25) is 9.82 Å². The molecule has 2 aromatic carbocycles. The van der Waals surface area contributed by atoms with Crippen molar-refractivity contribution in [3.8, 4) is 0 Å². The van der Waals surface area contributed by atoms with E-state index in [1.165, 1.54) is 0 Å². The molecular formula is C18H18ClN3O2S. The Bertz CT molecular complexity index is 976. The number of benzene rings is 2. The molecule has 1 heterocycles. The topological polar surface area (TPSA) is 74.8 Å². The summed E-state index contributed by atoms with van der Waals surface area (Å²) >= 11 is 5.90. The van der Waals surface area contributed by atoms with E-state index >= 15 is 0 Å². The maximum absolute atomic E-state index is 12.6. The van der Waals surface area contributed by atoms with Crippen molar-refractivity contribution in [1.82, 2.24) is 10.2 Å². The number of halogens is 1. The summed E-state index contributed by atoms with van der Waals surface area (Å²) in [5.74, 6) is 0. The highest BCUT2D eigenvalue weighted by Gasteiger charge is 2.22. The number of hydrogen-bond acceptors (Lipinski definition) is 3. The molecule has 0 spiro atoms. The predicted molar refractivity (Wildman–Crippen MR) is 99.6 cm³/mol. The molecule has 0 aliphatic carbocycles. The molecule has 0 amide bonds. The van der Waals surface area contributed by atoms with E-state index in [2.05, 4.69) is 14.9 Å². The van der Waals surface area contributed by atoms with Crippen molar-refractivity contribution in [2.45, 2.75) is 25.2 Å². The molecule has 25 heavy (non-hydrogen) atoms. The lowest BCUT2D eigenvalue weighted by atomic mass is 10.0. The van der Waals surface area contributed by atoms with E-state index in [1.54, 1.807) is 19.9 Å². The van der Waals surface area contributed by atoms with Crippen LogP contribution in [0.3, 0.4) is 0 Å². The molecule has 0 aliphatic rings. The molecule has 0 fully saturated rings. The molecule has 5 nitrogen and oxygen atoms in total. The second-order valence-corrected chi connectivity index (χ2v) is 7.93. The normalized spacial score (nSPS) is 11.5. The number of nitrogens with zero attached hydrogens (tertiary/aromatic N) is 1. The molecule has 0 saturated heterocycles. The maximum atomic E-state index is 12.6. The summed E-state index contributed by atoms with van der Waals surface area (Å²) in [6, 6.07) is 14.9.